The molecule has 1 aliphatic heterocycles. The largest absolute Gasteiger partial charge is 0.490 e. The lowest BCUT2D eigenvalue weighted by Gasteiger charge is -2.32. The number of rotatable bonds is 5. The van der Waals surface area contributed by atoms with Crippen LogP contribution in [0.2, 0.25) is 5.02 Å². The molecule has 0 saturated carbocycles. The lowest BCUT2D eigenvalue weighted by Crippen LogP contribution is -2.51. The van der Waals surface area contributed by atoms with Crippen LogP contribution in [0.4, 0.5) is 13.2 Å². The number of hydrogen-bond donors (Lipinski definition) is 0. The number of benzene rings is 2. The number of amides is 3. The summed E-state index contributed by atoms with van der Waals surface area (Å²) in [4.78, 5) is 49.2. The molecule has 0 bridgehead atoms. The second-order valence-electron chi connectivity index (χ2n) is 6.52. The van der Waals surface area contributed by atoms with Gasteiger partial charge in [0, 0.05) is 11.9 Å². The van der Waals surface area contributed by atoms with Crippen LogP contribution < -0.4 is 0 Å². The third-order valence-corrected chi connectivity index (χ3v) is 4.65. The van der Waals surface area contributed by atoms with Gasteiger partial charge in [-0.3, -0.25) is 14.4 Å². The number of fused-ring (bicyclic) bond motifs is 1. The van der Waals surface area contributed by atoms with Crippen LogP contribution in [-0.4, -0.2) is 46.4 Å². The molecule has 3 amide bonds. The van der Waals surface area contributed by atoms with Crippen molar-refractivity contribution in [1.29, 1.82) is 0 Å². The molecule has 1 aliphatic rings. The van der Waals surface area contributed by atoms with E-state index >= 15 is 0 Å². The van der Waals surface area contributed by atoms with Crippen LogP contribution >= 0.6 is 11.6 Å². The molecule has 0 fully saturated rings. The average molecular weight is 455 g/mol. The second-order valence-corrected chi connectivity index (χ2v) is 6.95. The number of alkyl halides is 3. The van der Waals surface area contributed by atoms with Gasteiger partial charge >= 0.3 is 12.1 Å². The molecule has 2 aromatic rings. The lowest BCUT2D eigenvalue weighted by molar-refractivity contribution is -0.207. The Morgan fingerprint density at radius 2 is 1.65 bits per heavy atom. The maximum atomic E-state index is 12.8. The predicted octanol–water partition coefficient (Wildman–Crippen LogP) is 3.55. The van der Waals surface area contributed by atoms with Crippen molar-refractivity contribution in [3.8, 4) is 0 Å². The van der Waals surface area contributed by atoms with Crippen molar-refractivity contribution in [2.75, 3.05) is 6.54 Å². The highest BCUT2D eigenvalue weighted by Crippen LogP contribution is 2.30. The van der Waals surface area contributed by atoms with E-state index in [1.807, 2.05) is 0 Å². The molecule has 31 heavy (non-hydrogen) atoms. The highest BCUT2D eigenvalue weighted by molar-refractivity contribution is 6.30. The monoisotopic (exact) mass is 454 g/mol. The van der Waals surface area contributed by atoms with Crippen molar-refractivity contribution in [3.63, 3.8) is 0 Å². The summed E-state index contributed by atoms with van der Waals surface area (Å²) in [6, 6.07) is 11.2. The maximum absolute atomic E-state index is 12.8. The van der Waals surface area contributed by atoms with Crippen LogP contribution in [0.1, 0.15) is 39.3 Å². The predicted molar refractivity (Wildman–Crippen MR) is 101 cm³/mol. The van der Waals surface area contributed by atoms with E-state index in [-0.39, 0.29) is 21.7 Å². The molecule has 11 heteroatoms. The third kappa shape index (κ3) is 4.53. The molecular formula is C20H14ClF3N2O5. The Kier molecular flexibility index (Phi) is 6.03. The van der Waals surface area contributed by atoms with E-state index < -0.39 is 42.5 Å². The van der Waals surface area contributed by atoms with Crippen LogP contribution in [0, 0.1) is 0 Å². The Hall–Kier alpha value is -3.40. The van der Waals surface area contributed by atoms with Gasteiger partial charge in [-0.25, -0.2) is 9.80 Å². The standard InChI is InChI=1S/C20H14ClF3N2O5/c1-11(27)25(26-17(28)14-7-2-3-8-15(14)18(26)29)10-16(31-19(30)20(22,23)24)12-5-4-6-13(21)9-12/h2-9,16H,10H2,1H3. The van der Waals surface area contributed by atoms with Crippen molar-refractivity contribution in [2.24, 2.45) is 0 Å². The molecule has 2 aromatic carbocycles. The number of imide groups is 1. The number of ether oxygens (including phenoxy) is 1. The normalized spacial score (nSPS) is 14.3. The zero-order valence-electron chi connectivity index (χ0n) is 15.9. The minimum atomic E-state index is -5.30. The van der Waals surface area contributed by atoms with Crippen LogP contribution in [-0.2, 0) is 14.3 Å². The summed E-state index contributed by atoms with van der Waals surface area (Å²) in [5, 5.41) is 1.30. The fraction of sp³-hybridized carbons (Fsp3) is 0.200. The van der Waals surface area contributed by atoms with Gasteiger partial charge in [-0.15, -0.1) is 0 Å². The topological polar surface area (TPSA) is 84.0 Å². The van der Waals surface area contributed by atoms with E-state index in [0.29, 0.717) is 10.0 Å². The molecule has 0 radical (unpaired) electrons. The number of nitrogens with zero attached hydrogens (tertiary/aromatic N) is 2. The lowest BCUT2D eigenvalue weighted by atomic mass is 10.1. The van der Waals surface area contributed by atoms with Crippen molar-refractivity contribution >= 4 is 35.3 Å². The van der Waals surface area contributed by atoms with E-state index in [2.05, 4.69) is 4.74 Å². The number of carbonyl (C=O) groups excluding carboxylic acids is 4. The van der Waals surface area contributed by atoms with Gasteiger partial charge in [0.05, 0.1) is 17.7 Å². The Morgan fingerprint density at radius 3 is 2.13 bits per heavy atom. The molecule has 0 aliphatic carbocycles. The SMILES string of the molecule is CC(=O)N(CC(OC(=O)C(F)(F)F)c1cccc(Cl)c1)N1C(=O)c2ccccc2C1=O. The smallest absolute Gasteiger partial charge is 0.449 e. The van der Waals surface area contributed by atoms with Crippen molar-refractivity contribution in [1.82, 2.24) is 10.0 Å². The zero-order valence-corrected chi connectivity index (χ0v) is 16.6. The number of halogens is 4. The summed E-state index contributed by atoms with van der Waals surface area (Å²) in [6.45, 7) is 0.285. The van der Waals surface area contributed by atoms with E-state index in [4.69, 9.17) is 11.6 Å². The molecule has 1 unspecified atom stereocenters. The van der Waals surface area contributed by atoms with Gasteiger partial charge < -0.3 is 4.74 Å². The van der Waals surface area contributed by atoms with Gasteiger partial charge in [0.15, 0.2) is 0 Å². The molecular weight excluding hydrogens is 441 g/mol. The van der Waals surface area contributed by atoms with Gasteiger partial charge in [0.2, 0.25) is 5.91 Å². The molecule has 0 spiro atoms. The number of carbonyl (C=O) groups is 4. The molecule has 162 valence electrons. The highest BCUT2D eigenvalue weighted by atomic mass is 35.5. The van der Waals surface area contributed by atoms with Gasteiger partial charge in [-0.05, 0) is 29.8 Å². The first kappa shape index (κ1) is 22.3. The summed E-state index contributed by atoms with van der Waals surface area (Å²) in [6.07, 6.45) is -6.96. The quantitative estimate of drug-likeness (QED) is 0.509. The van der Waals surface area contributed by atoms with Crippen LogP contribution in [0.3, 0.4) is 0 Å². The number of hydrazine groups is 1. The first-order valence-electron chi connectivity index (χ1n) is 8.79. The average Bonchev–Trinajstić information content (AvgIpc) is 2.95. The molecule has 7 nitrogen and oxygen atoms in total. The summed E-state index contributed by atoms with van der Waals surface area (Å²) in [5.41, 5.74) is 0.101. The Balaban J connectivity index is 1.97. The fourth-order valence-electron chi connectivity index (χ4n) is 3.02. The molecule has 3 rings (SSSR count). The first-order valence-corrected chi connectivity index (χ1v) is 9.17. The van der Waals surface area contributed by atoms with Gasteiger partial charge in [-0.1, -0.05) is 35.9 Å². The first-order chi connectivity index (χ1) is 14.5. The van der Waals surface area contributed by atoms with Gasteiger partial charge in [-0.2, -0.15) is 18.2 Å². The summed E-state index contributed by atoms with van der Waals surface area (Å²) in [7, 11) is 0. The van der Waals surface area contributed by atoms with Crippen molar-refractivity contribution in [2.45, 2.75) is 19.2 Å². The van der Waals surface area contributed by atoms with Crippen LogP contribution in [0.15, 0.2) is 48.5 Å². The van der Waals surface area contributed by atoms with E-state index in [0.717, 1.165) is 6.92 Å². The zero-order chi connectivity index (χ0) is 22.9. The molecule has 1 atom stereocenters. The summed E-state index contributed by atoms with van der Waals surface area (Å²) in [5.74, 6) is -4.99. The minimum absolute atomic E-state index is 0.0327. The maximum Gasteiger partial charge on any atom is 0.490 e. The van der Waals surface area contributed by atoms with Crippen LogP contribution in [0.5, 0.6) is 0 Å². The number of esters is 1. The second kappa shape index (κ2) is 8.38. The molecule has 1 heterocycles. The fourth-order valence-corrected chi connectivity index (χ4v) is 3.22. The Labute approximate surface area is 178 Å². The van der Waals surface area contributed by atoms with E-state index in [1.165, 1.54) is 48.5 Å². The van der Waals surface area contributed by atoms with Gasteiger partial charge in [0.1, 0.15) is 6.10 Å². The van der Waals surface area contributed by atoms with E-state index in [9.17, 15) is 32.3 Å². The highest BCUT2D eigenvalue weighted by Gasteiger charge is 2.45. The van der Waals surface area contributed by atoms with Gasteiger partial charge in [0.25, 0.3) is 11.8 Å². The third-order valence-electron chi connectivity index (χ3n) is 4.42. The Bertz CT molecular complexity index is 1040. The van der Waals surface area contributed by atoms with E-state index in [1.54, 1.807) is 0 Å². The molecule has 0 saturated heterocycles. The Morgan fingerprint density at radius 1 is 1.06 bits per heavy atom. The van der Waals surface area contributed by atoms with Crippen LogP contribution in [0.25, 0.3) is 0 Å². The summed E-state index contributed by atoms with van der Waals surface area (Å²) < 4.78 is 43.0. The minimum Gasteiger partial charge on any atom is -0.449 e. The molecule has 0 aromatic heterocycles. The van der Waals surface area contributed by atoms with Crippen molar-refractivity contribution in [3.05, 3.63) is 70.2 Å². The molecule has 0 N–H and O–H groups in total. The number of hydrogen-bond acceptors (Lipinski definition) is 5. The summed E-state index contributed by atoms with van der Waals surface area (Å²) >= 11 is 5.89. The van der Waals surface area contributed by atoms with Crippen molar-refractivity contribution < 1.29 is 37.1 Å².